The van der Waals surface area contributed by atoms with Crippen molar-refractivity contribution in [3.63, 3.8) is 0 Å². The number of nitrogens with zero attached hydrogens (tertiary/aromatic N) is 1. The summed E-state index contributed by atoms with van der Waals surface area (Å²) >= 11 is 0. The van der Waals surface area contributed by atoms with E-state index in [4.69, 9.17) is 9.47 Å². The van der Waals surface area contributed by atoms with Crippen LogP contribution in [0.25, 0.3) is 0 Å². The molecule has 0 heterocycles. The summed E-state index contributed by atoms with van der Waals surface area (Å²) in [5.41, 5.74) is -0.185. The third-order valence-corrected chi connectivity index (χ3v) is 3.95. The summed E-state index contributed by atoms with van der Waals surface area (Å²) in [6, 6.07) is 0.370. The maximum atomic E-state index is 9.98. The SMILES string of the molecule is COCCN(CCOC)CC(CO)(NC(C)C)C1CC1. The van der Waals surface area contributed by atoms with Crippen LogP contribution in [0.2, 0.25) is 0 Å². The van der Waals surface area contributed by atoms with Gasteiger partial charge in [-0.3, -0.25) is 4.90 Å². The molecule has 0 amide bonds. The first-order valence-electron chi connectivity index (χ1n) is 7.66. The molecule has 0 bridgehead atoms. The van der Waals surface area contributed by atoms with Gasteiger partial charge in [-0.05, 0) is 18.8 Å². The highest BCUT2D eigenvalue weighted by Crippen LogP contribution is 2.40. The van der Waals surface area contributed by atoms with Gasteiger partial charge in [0.2, 0.25) is 0 Å². The normalized spacial score (nSPS) is 18.8. The van der Waals surface area contributed by atoms with Crippen molar-refractivity contribution in [1.29, 1.82) is 0 Å². The zero-order valence-corrected chi connectivity index (χ0v) is 13.5. The van der Waals surface area contributed by atoms with E-state index in [9.17, 15) is 5.11 Å². The molecule has 1 aliphatic rings. The van der Waals surface area contributed by atoms with E-state index in [1.807, 2.05) is 0 Å². The average molecular weight is 288 g/mol. The number of hydrogen-bond donors (Lipinski definition) is 2. The van der Waals surface area contributed by atoms with Crippen molar-refractivity contribution in [2.24, 2.45) is 5.92 Å². The van der Waals surface area contributed by atoms with Gasteiger partial charge in [0.1, 0.15) is 0 Å². The highest BCUT2D eigenvalue weighted by Gasteiger charge is 2.45. The van der Waals surface area contributed by atoms with Gasteiger partial charge in [-0.1, -0.05) is 13.8 Å². The molecule has 20 heavy (non-hydrogen) atoms. The molecule has 120 valence electrons. The van der Waals surface area contributed by atoms with Crippen molar-refractivity contribution in [3.05, 3.63) is 0 Å². The Morgan fingerprint density at radius 2 is 1.75 bits per heavy atom. The fraction of sp³-hybridized carbons (Fsp3) is 1.00. The molecule has 1 fully saturated rings. The van der Waals surface area contributed by atoms with Gasteiger partial charge in [-0.15, -0.1) is 0 Å². The smallest absolute Gasteiger partial charge is 0.0628 e. The number of methoxy groups -OCH3 is 2. The highest BCUT2D eigenvalue weighted by molar-refractivity contribution is 5.03. The van der Waals surface area contributed by atoms with Gasteiger partial charge >= 0.3 is 0 Å². The van der Waals surface area contributed by atoms with E-state index in [1.54, 1.807) is 14.2 Å². The molecule has 2 N–H and O–H groups in total. The Morgan fingerprint density at radius 1 is 1.20 bits per heavy atom. The molecule has 0 aromatic carbocycles. The summed E-state index contributed by atoms with van der Waals surface area (Å²) in [5, 5.41) is 13.6. The second kappa shape index (κ2) is 8.95. The number of aliphatic hydroxyl groups is 1. The van der Waals surface area contributed by atoms with Crippen molar-refractivity contribution in [1.82, 2.24) is 10.2 Å². The van der Waals surface area contributed by atoms with Gasteiger partial charge < -0.3 is 19.9 Å². The number of nitrogens with one attached hydrogen (secondary N) is 1. The lowest BCUT2D eigenvalue weighted by atomic mass is 9.92. The molecular formula is C15H32N2O3. The van der Waals surface area contributed by atoms with Crippen molar-refractivity contribution in [2.45, 2.75) is 38.3 Å². The van der Waals surface area contributed by atoms with E-state index >= 15 is 0 Å². The Kier molecular flexibility index (Phi) is 7.99. The molecule has 1 unspecified atom stereocenters. The largest absolute Gasteiger partial charge is 0.394 e. The van der Waals surface area contributed by atoms with Crippen LogP contribution in [0, 0.1) is 5.92 Å². The predicted octanol–water partition coefficient (Wildman–Crippen LogP) is 0.720. The summed E-state index contributed by atoms with van der Waals surface area (Å²) in [5.74, 6) is 0.586. The Hall–Kier alpha value is -0.200. The van der Waals surface area contributed by atoms with E-state index in [1.165, 1.54) is 12.8 Å². The Balaban J connectivity index is 2.66. The first-order valence-corrected chi connectivity index (χ1v) is 7.66. The first-order chi connectivity index (χ1) is 9.57. The van der Waals surface area contributed by atoms with Crippen LogP contribution in [0.3, 0.4) is 0 Å². The van der Waals surface area contributed by atoms with Crippen molar-refractivity contribution in [2.75, 3.05) is 53.7 Å². The number of rotatable bonds is 12. The van der Waals surface area contributed by atoms with Gasteiger partial charge in [0, 0.05) is 39.9 Å². The molecule has 0 aromatic heterocycles. The predicted molar refractivity (Wildman–Crippen MR) is 81.0 cm³/mol. The van der Waals surface area contributed by atoms with Crippen LogP contribution in [0.4, 0.5) is 0 Å². The fourth-order valence-electron chi connectivity index (χ4n) is 2.84. The lowest BCUT2D eigenvalue weighted by Gasteiger charge is -2.40. The summed E-state index contributed by atoms with van der Waals surface area (Å²) in [4.78, 5) is 2.33. The fourth-order valence-corrected chi connectivity index (χ4v) is 2.84. The average Bonchev–Trinajstić information content (AvgIpc) is 3.25. The molecule has 0 aromatic rings. The van der Waals surface area contributed by atoms with Crippen LogP contribution in [0.15, 0.2) is 0 Å². The monoisotopic (exact) mass is 288 g/mol. The van der Waals surface area contributed by atoms with Gasteiger partial charge in [0.05, 0.1) is 25.4 Å². The second-order valence-corrected chi connectivity index (χ2v) is 6.15. The molecule has 1 aliphatic carbocycles. The number of ether oxygens (including phenoxy) is 2. The Labute approximate surface area is 123 Å². The molecule has 0 radical (unpaired) electrons. The number of aliphatic hydroxyl groups excluding tert-OH is 1. The minimum absolute atomic E-state index is 0.185. The molecule has 1 atom stereocenters. The van der Waals surface area contributed by atoms with Gasteiger partial charge in [-0.25, -0.2) is 0 Å². The summed E-state index contributed by atoms with van der Waals surface area (Å²) in [7, 11) is 3.45. The number of hydrogen-bond acceptors (Lipinski definition) is 5. The summed E-state index contributed by atoms with van der Waals surface area (Å²) in [6.45, 7) is 8.46. The van der Waals surface area contributed by atoms with Crippen LogP contribution in [-0.4, -0.2) is 75.3 Å². The Morgan fingerprint density at radius 3 is 2.10 bits per heavy atom. The summed E-state index contributed by atoms with van der Waals surface area (Å²) < 4.78 is 10.4. The minimum Gasteiger partial charge on any atom is -0.394 e. The van der Waals surface area contributed by atoms with E-state index in [0.29, 0.717) is 25.2 Å². The first kappa shape index (κ1) is 17.9. The van der Waals surface area contributed by atoms with Gasteiger partial charge in [-0.2, -0.15) is 0 Å². The summed E-state index contributed by atoms with van der Waals surface area (Å²) in [6.07, 6.45) is 2.42. The van der Waals surface area contributed by atoms with E-state index in [0.717, 1.165) is 19.6 Å². The molecular weight excluding hydrogens is 256 g/mol. The third kappa shape index (κ3) is 5.66. The molecule has 1 rings (SSSR count). The van der Waals surface area contributed by atoms with Crippen molar-refractivity contribution in [3.8, 4) is 0 Å². The standard InChI is InChI=1S/C15H32N2O3/c1-13(2)16-15(12-18,14-5-6-14)11-17(7-9-19-3)8-10-20-4/h13-14,16,18H,5-12H2,1-4H3. The zero-order valence-electron chi connectivity index (χ0n) is 13.5. The van der Waals surface area contributed by atoms with Crippen LogP contribution in [-0.2, 0) is 9.47 Å². The maximum absolute atomic E-state index is 9.98. The minimum atomic E-state index is -0.185. The molecule has 0 aliphatic heterocycles. The molecule has 5 heteroatoms. The molecule has 5 nitrogen and oxygen atoms in total. The quantitative estimate of drug-likeness (QED) is 0.554. The van der Waals surface area contributed by atoms with Crippen molar-refractivity contribution < 1.29 is 14.6 Å². The topological polar surface area (TPSA) is 54.0 Å². The van der Waals surface area contributed by atoms with Gasteiger partial charge in [0.25, 0.3) is 0 Å². The lowest BCUT2D eigenvalue weighted by Crippen LogP contribution is -2.60. The molecule has 0 saturated heterocycles. The molecule has 0 spiro atoms. The van der Waals surface area contributed by atoms with E-state index < -0.39 is 0 Å². The molecule has 1 saturated carbocycles. The zero-order chi connectivity index (χ0) is 15.0. The van der Waals surface area contributed by atoms with Crippen LogP contribution in [0.1, 0.15) is 26.7 Å². The maximum Gasteiger partial charge on any atom is 0.0628 e. The lowest BCUT2D eigenvalue weighted by molar-refractivity contribution is 0.0545. The van der Waals surface area contributed by atoms with E-state index in [2.05, 4.69) is 24.1 Å². The second-order valence-electron chi connectivity index (χ2n) is 6.15. The van der Waals surface area contributed by atoms with Crippen LogP contribution in [0.5, 0.6) is 0 Å². The van der Waals surface area contributed by atoms with Crippen molar-refractivity contribution >= 4 is 0 Å². The van der Waals surface area contributed by atoms with Crippen LogP contribution < -0.4 is 5.32 Å². The van der Waals surface area contributed by atoms with Crippen LogP contribution >= 0.6 is 0 Å². The highest BCUT2D eigenvalue weighted by atomic mass is 16.5. The third-order valence-electron chi connectivity index (χ3n) is 3.95. The van der Waals surface area contributed by atoms with Gasteiger partial charge in [0.15, 0.2) is 0 Å². The van der Waals surface area contributed by atoms with E-state index in [-0.39, 0.29) is 12.1 Å². The Bertz CT molecular complexity index is 252.